The first-order valence-corrected chi connectivity index (χ1v) is 4.92. The van der Waals surface area contributed by atoms with E-state index in [1.807, 2.05) is 0 Å². The van der Waals surface area contributed by atoms with Crippen molar-refractivity contribution in [3.8, 4) is 0 Å². The predicted molar refractivity (Wildman–Crippen MR) is 66.9 cm³/mol. The normalized spacial score (nSPS) is 21.3. The predicted octanol–water partition coefficient (Wildman–Crippen LogP) is 1.47. The molecule has 17 heavy (non-hydrogen) atoms. The number of nitrogens with one attached hydrogen (secondary N) is 1. The Hall–Kier alpha value is 0.139. The minimum absolute atomic E-state index is 0. The SMILES string of the molecule is C[NH-].[B][C@@H]1C[C@H](C(C)=O)N(C(=O)[CH-]C)C1.[CH3-].[Y+3]. The van der Waals surface area contributed by atoms with Gasteiger partial charge in [0.15, 0.2) is 5.78 Å². The van der Waals surface area contributed by atoms with Gasteiger partial charge in [-0.05, 0) is 13.3 Å². The Bertz CT molecular complexity index is 240. The number of carbonyl (C=O) groups excluding carboxylic acids is 2. The van der Waals surface area contributed by atoms with Crippen LogP contribution in [0.5, 0.6) is 0 Å². The molecule has 92 valence electrons. The Labute approximate surface area is 131 Å². The first kappa shape index (κ1) is 22.3. The maximum Gasteiger partial charge on any atom is 3.00 e. The summed E-state index contributed by atoms with van der Waals surface area (Å²) in [6, 6.07) is -0.307. The fourth-order valence-corrected chi connectivity index (χ4v) is 1.66. The van der Waals surface area contributed by atoms with Gasteiger partial charge in [0.2, 0.25) is 0 Å². The summed E-state index contributed by atoms with van der Waals surface area (Å²) < 4.78 is 0. The number of nitrogens with zero attached hydrogens (tertiary/aromatic N) is 1. The third-order valence-corrected chi connectivity index (χ3v) is 2.33. The number of ketones is 1. The van der Waals surface area contributed by atoms with Gasteiger partial charge in [-0.1, -0.05) is 5.82 Å². The summed E-state index contributed by atoms with van der Waals surface area (Å²) in [6.45, 7) is 3.66. The fourth-order valence-electron chi connectivity index (χ4n) is 1.66. The standard InChI is InChI=1S/C9H13BNO2.CH4N.CH3.Y/c1-3-9(13)11-5-7(10)4-8(11)6(2)12;1-2;;/h3,7-8H,4-5H2,1-2H3;2H,1H3;1H3;/q3*-1;+3/t7-,8-;;;/m1.../s1. The van der Waals surface area contributed by atoms with Gasteiger partial charge in [0.05, 0.1) is 19.8 Å². The molecule has 2 atom stereocenters. The first-order chi connectivity index (χ1) is 7.06. The van der Waals surface area contributed by atoms with Gasteiger partial charge in [-0.25, -0.2) is 0 Å². The molecule has 1 fully saturated rings. The Morgan fingerprint density at radius 3 is 2.24 bits per heavy atom. The molecule has 0 bridgehead atoms. The van der Waals surface area contributed by atoms with Crippen molar-refractivity contribution < 1.29 is 42.3 Å². The van der Waals surface area contributed by atoms with Crippen LogP contribution in [0, 0.1) is 13.8 Å². The molecule has 1 heterocycles. The first-order valence-electron chi connectivity index (χ1n) is 4.92. The van der Waals surface area contributed by atoms with Crippen molar-refractivity contribution >= 4 is 19.5 Å². The van der Waals surface area contributed by atoms with Gasteiger partial charge in [0, 0.05) is 6.54 Å². The van der Waals surface area contributed by atoms with E-state index in [-0.39, 0.29) is 63.7 Å². The molecule has 0 aromatic heterocycles. The van der Waals surface area contributed by atoms with E-state index >= 15 is 0 Å². The van der Waals surface area contributed by atoms with Crippen molar-refractivity contribution in [3.05, 3.63) is 19.6 Å². The van der Waals surface area contributed by atoms with Gasteiger partial charge in [-0.2, -0.15) is 14.0 Å². The number of amides is 1. The van der Waals surface area contributed by atoms with Crippen LogP contribution in [0.15, 0.2) is 0 Å². The van der Waals surface area contributed by atoms with Crippen molar-refractivity contribution in [1.29, 1.82) is 0 Å². The number of likely N-dealkylation sites (tertiary alicyclic amines) is 1. The van der Waals surface area contributed by atoms with Gasteiger partial charge in [0.1, 0.15) is 0 Å². The summed E-state index contributed by atoms with van der Waals surface area (Å²) in [5, 5.41) is 0. The Balaban J connectivity index is -0.000000464. The van der Waals surface area contributed by atoms with Crippen molar-refractivity contribution in [2.24, 2.45) is 0 Å². The van der Waals surface area contributed by atoms with Crippen LogP contribution in [-0.2, 0) is 42.3 Å². The van der Waals surface area contributed by atoms with E-state index in [1.165, 1.54) is 20.4 Å². The summed E-state index contributed by atoms with van der Waals surface area (Å²) in [7, 11) is 6.94. The topological polar surface area (TPSA) is 61.2 Å². The molecule has 4 nitrogen and oxygen atoms in total. The smallest absolute Gasteiger partial charge is 0.680 e. The number of hydrogen-bond acceptors (Lipinski definition) is 2. The van der Waals surface area contributed by atoms with E-state index in [0.29, 0.717) is 13.0 Å². The van der Waals surface area contributed by atoms with Crippen LogP contribution >= 0.6 is 0 Å². The molecule has 1 saturated heterocycles. The minimum atomic E-state index is -0.307. The number of carbonyl (C=O) groups is 2. The summed E-state index contributed by atoms with van der Waals surface area (Å²) in [5.41, 5.74) is 5.75. The van der Waals surface area contributed by atoms with Crippen LogP contribution < -0.4 is 0 Å². The molecule has 0 aliphatic carbocycles. The number of hydrogen-bond donors (Lipinski definition) is 0. The van der Waals surface area contributed by atoms with Crippen molar-refractivity contribution in [3.63, 3.8) is 0 Å². The van der Waals surface area contributed by atoms with Gasteiger partial charge >= 0.3 is 32.7 Å². The van der Waals surface area contributed by atoms with Crippen LogP contribution in [0.4, 0.5) is 0 Å². The number of Topliss-reactive ketones (excluding diaryl/α,β-unsaturated/α-hetero) is 1. The molecule has 1 amide bonds. The second kappa shape index (κ2) is 11.2. The second-order valence-electron chi connectivity index (χ2n) is 3.40. The third kappa shape index (κ3) is 6.58. The third-order valence-electron chi connectivity index (χ3n) is 2.33. The van der Waals surface area contributed by atoms with Crippen molar-refractivity contribution in [2.45, 2.75) is 32.1 Å². The molecule has 0 aromatic rings. The molecule has 0 aromatic carbocycles. The maximum atomic E-state index is 11.3. The van der Waals surface area contributed by atoms with Gasteiger partial charge in [0.25, 0.3) is 0 Å². The molecule has 0 saturated carbocycles. The van der Waals surface area contributed by atoms with Crippen LogP contribution in [0.3, 0.4) is 0 Å². The summed E-state index contributed by atoms with van der Waals surface area (Å²) in [4.78, 5) is 24.0. The maximum absolute atomic E-state index is 11.3. The molecule has 0 unspecified atom stereocenters. The molecule has 0 spiro atoms. The van der Waals surface area contributed by atoms with Crippen molar-refractivity contribution in [1.82, 2.24) is 4.90 Å². The molecule has 1 N–H and O–H groups in total. The molecular formula is C11H20BN2O2Y. The molecule has 1 aliphatic rings. The largest absolute Gasteiger partial charge is 3.00 e. The summed E-state index contributed by atoms with van der Waals surface area (Å²) in [5.74, 6) is -0.144. The van der Waals surface area contributed by atoms with Gasteiger partial charge < -0.3 is 29.3 Å². The second-order valence-corrected chi connectivity index (χ2v) is 3.40. The Morgan fingerprint density at radius 2 is 1.88 bits per heavy atom. The molecule has 2 radical (unpaired) electrons. The van der Waals surface area contributed by atoms with E-state index in [0.717, 1.165) is 0 Å². The molecular weight excluding hydrogens is 292 g/mol. The van der Waals surface area contributed by atoms with E-state index in [4.69, 9.17) is 13.6 Å². The van der Waals surface area contributed by atoms with Crippen LogP contribution in [0.1, 0.15) is 20.3 Å². The summed E-state index contributed by atoms with van der Waals surface area (Å²) in [6.07, 6.45) is 2.06. The quantitative estimate of drug-likeness (QED) is 0.573. The average Bonchev–Trinajstić information content (AvgIpc) is 2.62. The van der Waals surface area contributed by atoms with Crippen LogP contribution in [-0.4, -0.2) is 44.1 Å². The molecule has 1 rings (SSSR count). The van der Waals surface area contributed by atoms with Crippen molar-refractivity contribution in [2.75, 3.05) is 13.6 Å². The van der Waals surface area contributed by atoms with E-state index in [2.05, 4.69) is 0 Å². The van der Waals surface area contributed by atoms with Gasteiger partial charge in [-0.3, -0.25) is 4.79 Å². The molecule has 1 aliphatic heterocycles. The van der Waals surface area contributed by atoms with Crippen LogP contribution in [0.25, 0.3) is 5.73 Å². The van der Waals surface area contributed by atoms with E-state index in [1.54, 1.807) is 11.8 Å². The average molecular weight is 312 g/mol. The van der Waals surface area contributed by atoms with Crippen LogP contribution in [0.2, 0.25) is 5.82 Å². The minimum Gasteiger partial charge on any atom is -0.680 e. The molecule has 6 heteroatoms. The zero-order valence-electron chi connectivity index (χ0n) is 11.1. The summed E-state index contributed by atoms with van der Waals surface area (Å²) >= 11 is 0. The Kier molecular flexibility index (Phi) is 14.8. The zero-order valence-corrected chi connectivity index (χ0v) is 13.9. The Morgan fingerprint density at radius 1 is 1.41 bits per heavy atom. The van der Waals surface area contributed by atoms with Gasteiger partial charge in [-0.15, -0.1) is 0 Å². The zero-order chi connectivity index (χ0) is 12.0. The van der Waals surface area contributed by atoms with E-state index in [9.17, 15) is 9.59 Å². The fraction of sp³-hybridized carbons (Fsp3) is 0.636. The monoisotopic (exact) mass is 312 g/mol. The number of rotatable bonds is 2. The van der Waals surface area contributed by atoms with E-state index < -0.39 is 0 Å².